The summed E-state index contributed by atoms with van der Waals surface area (Å²) in [5.74, 6) is -1.66. The van der Waals surface area contributed by atoms with Crippen LogP contribution in [0.1, 0.15) is 19.8 Å². The number of carbonyl (C=O) groups is 2. The number of hydrogen-bond donors (Lipinski definition) is 1. The first-order valence-corrected chi connectivity index (χ1v) is 7.54. The van der Waals surface area contributed by atoms with Gasteiger partial charge in [-0.3, -0.25) is 14.5 Å². The zero-order valence-corrected chi connectivity index (χ0v) is 13.0. The summed E-state index contributed by atoms with van der Waals surface area (Å²) in [4.78, 5) is 26.7. The van der Waals surface area contributed by atoms with E-state index in [0.29, 0.717) is 25.2 Å². The van der Waals surface area contributed by atoms with Crippen LogP contribution in [0.4, 0.5) is 10.1 Å². The van der Waals surface area contributed by atoms with Crippen molar-refractivity contribution in [2.24, 2.45) is 0 Å². The summed E-state index contributed by atoms with van der Waals surface area (Å²) in [6.07, 6.45) is 1.31. The molecule has 7 heteroatoms. The zero-order valence-electron chi connectivity index (χ0n) is 12.3. The van der Waals surface area contributed by atoms with Crippen molar-refractivity contribution in [2.75, 3.05) is 24.5 Å². The minimum atomic E-state index is -0.954. The van der Waals surface area contributed by atoms with Gasteiger partial charge in [-0.15, -0.1) is 0 Å². The van der Waals surface area contributed by atoms with Gasteiger partial charge in [0.2, 0.25) is 5.91 Å². The van der Waals surface area contributed by atoms with Crippen molar-refractivity contribution >= 4 is 29.2 Å². The molecule has 0 radical (unpaired) electrons. The summed E-state index contributed by atoms with van der Waals surface area (Å²) < 4.78 is 13.2. The first-order valence-electron chi connectivity index (χ1n) is 7.16. The standard InChI is InChI=1S/C15H18ClFN2O3/c1-2-6-18(9-14(20)21)13-5-7-19(15(13)22)10-3-4-12(17)11(16)8-10/h3-4,8,13H,2,5-7,9H2,1H3,(H,20,21). The summed E-state index contributed by atoms with van der Waals surface area (Å²) in [5, 5.41) is 8.94. The van der Waals surface area contributed by atoms with Crippen molar-refractivity contribution in [1.29, 1.82) is 0 Å². The molecule has 1 saturated heterocycles. The molecule has 1 heterocycles. The number of carboxylic acid groups (broad SMARTS) is 1. The molecule has 5 nitrogen and oxygen atoms in total. The van der Waals surface area contributed by atoms with Gasteiger partial charge in [0.15, 0.2) is 0 Å². The number of anilines is 1. The molecule has 1 N–H and O–H groups in total. The van der Waals surface area contributed by atoms with Crippen molar-refractivity contribution in [1.82, 2.24) is 4.90 Å². The van der Waals surface area contributed by atoms with Crippen LogP contribution in [0, 0.1) is 5.82 Å². The van der Waals surface area contributed by atoms with E-state index in [1.54, 1.807) is 4.90 Å². The van der Waals surface area contributed by atoms with Crippen LogP contribution in [0.25, 0.3) is 0 Å². The summed E-state index contributed by atoms with van der Waals surface area (Å²) in [6, 6.07) is 3.68. The number of rotatable bonds is 6. The van der Waals surface area contributed by atoms with Crippen LogP contribution in [0.15, 0.2) is 18.2 Å². The van der Waals surface area contributed by atoms with Gasteiger partial charge in [0.05, 0.1) is 17.6 Å². The Hall–Kier alpha value is -1.66. The molecule has 1 aromatic carbocycles. The van der Waals surface area contributed by atoms with Gasteiger partial charge in [-0.25, -0.2) is 4.39 Å². The molecule has 1 atom stereocenters. The normalized spacial score (nSPS) is 18.3. The summed E-state index contributed by atoms with van der Waals surface area (Å²) in [6.45, 7) is 2.78. The highest BCUT2D eigenvalue weighted by molar-refractivity contribution is 6.31. The third-order valence-corrected chi connectivity index (χ3v) is 3.97. The van der Waals surface area contributed by atoms with E-state index in [-0.39, 0.29) is 17.5 Å². The van der Waals surface area contributed by atoms with Crippen molar-refractivity contribution in [3.8, 4) is 0 Å². The number of hydrogen-bond acceptors (Lipinski definition) is 3. The highest BCUT2D eigenvalue weighted by Crippen LogP contribution is 2.28. The highest BCUT2D eigenvalue weighted by Gasteiger charge is 2.37. The van der Waals surface area contributed by atoms with Gasteiger partial charge in [0.25, 0.3) is 0 Å². The Bertz CT molecular complexity index is 582. The fraction of sp³-hybridized carbons (Fsp3) is 0.467. The maximum atomic E-state index is 13.2. The van der Waals surface area contributed by atoms with Crippen molar-refractivity contribution in [3.63, 3.8) is 0 Å². The average Bonchev–Trinajstić information content (AvgIpc) is 2.83. The number of carboxylic acids is 1. The molecule has 1 unspecified atom stereocenters. The average molecular weight is 329 g/mol. The predicted molar refractivity (Wildman–Crippen MR) is 81.7 cm³/mol. The van der Waals surface area contributed by atoms with E-state index in [4.69, 9.17) is 16.7 Å². The van der Waals surface area contributed by atoms with E-state index in [1.807, 2.05) is 6.92 Å². The maximum Gasteiger partial charge on any atom is 0.317 e. The molecule has 22 heavy (non-hydrogen) atoms. The smallest absolute Gasteiger partial charge is 0.317 e. The van der Waals surface area contributed by atoms with Crippen LogP contribution in [0.3, 0.4) is 0 Å². The van der Waals surface area contributed by atoms with Gasteiger partial charge in [-0.1, -0.05) is 18.5 Å². The lowest BCUT2D eigenvalue weighted by Gasteiger charge is -2.26. The van der Waals surface area contributed by atoms with Crippen molar-refractivity contribution in [3.05, 3.63) is 29.0 Å². The van der Waals surface area contributed by atoms with E-state index in [1.165, 1.54) is 23.1 Å². The Morgan fingerprint density at radius 3 is 2.86 bits per heavy atom. The van der Waals surface area contributed by atoms with Gasteiger partial charge < -0.3 is 10.0 Å². The van der Waals surface area contributed by atoms with E-state index in [0.717, 1.165) is 6.42 Å². The molecule has 0 saturated carbocycles. The van der Waals surface area contributed by atoms with Crippen LogP contribution in [0.2, 0.25) is 5.02 Å². The molecule has 0 aromatic heterocycles. The second kappa shape index (κ2) is 7.07. The number of aliphatic carboxylic acids is 1. The molecule has 1 amide bonds. The molecule has 1 fully saturated rings. The van der Waals surface area contributed by atoms with Gasteiger partial charge >= 0.3 is 5.97 Å². The van der Waals surface area contributed by atoms with Crippen molar-refractivity contribution < 1.29 is 19.1 Å². The third kappa shape index (κ3) is 3.56. The molecule has 0 spiro atoms. The van der Waals surface area contributed by atoms with Crippen molar-refractivity contribution in [2.45, 2.75) is 25.8 Å². The third-order valence-electron chi connectivity index (χ3n) is 3.68. The molecule has 0 bridgehead atoms. The van der Waals surface area contributed by atoms with E-state index < -0.39 is 17.8 Å². The topological polar surface area (TPSA) is 60.9 Å². The Labute approximate surface area is 133 Å². The van der Waals surface area contributed by atoms with Crippen LogP contribution in [-0.4, -0.2) is 47.6 Å². The van der Waals surface area contributed by atoms with E-state index in [2.05, 4.69) is 0 Å². The second-order valence-electron chi connectivity index (χ2n) is 5.26. The lowest BCUT2D eigenvalue weighted by molar-refractivity contribution is -0.139. The molecule has 120 valence electrons. The Kier molecular flexibility index (Phi) is 5.37. The molecule has 0 aliphatic carbocycles. The first-order chi connectivity index (χ1) is 10.4. The van der Waals surface area contributed by atoms with Crippen LogP contribution in [-0.2, 0) is 9.59 Å². The molecular formula is C15H18ClFN2O3. The predicted octanol–water partition coefficient (Wildman–Crippen LogP) is 2.38. The fourth-order valence-electron chi connectivity index (χ4n) is 2.72. The van der Waals surface area contributed by atoms with Gasteiger partial charge in [-0.2, -0.15) is 0 Å². The maximum absolute atomic E-state index is 13.2. The summed E-state index contributed by atoms with van der Waals surface area (Å²) in [5.41, 5.74) is 0.533. The number of benzene rings is 1. The largest absolute Gasteiger partial charge is 0.480 e. The summed E-state index contributed by atoms with van der Waals surface area (Å²) >= 11 is 5.76. The SMILES string of the molecule is CCCN(CC(=O)O)C1CCN(c2ccc(F)c(Cl)c2)C1=O. The molecule has 1 aliphatic rings. The monoisotopic (exact) mass is 328 g/mol. The fourth-order valence-corrected chi connectivity index (χ4v) is 2.89. The second-order valence-corrected chi connectivity index (χ2v) is 5.66. The number of carbonyl (C=O) groups excluding carboxylic acids is 1. The lowest BCUT2D eigenvalue weighted by Crippen LogP contribution is -2.44. The van der Waals surface area contributed by atoms with Crippen LogP contribution in [0.5, 0.6) is 0 Å². The van der Waals surface area contributed by atoms with Gasteiger partial charge in [0.1, 0.15) is 5.82 Å². The lowest BCUT2D eigenvalue weighted by atomic mass is 10.2. The Morgan fingerprint density at radius 2 is 2.27 bits per heavy atom. The van der Waals surface area contributed by atoms with Crippen LogP contribution < -0.4 is 4.90 Å². The van der Waals surface area contributed by atoms with Crippen LogP contribution >= 0.6 is 11.6 Å². The molecule has 1 aliphatic heterocycles. The highest BCUT2D eigenvalue weighted by atomic mass is 35.5. The molecule has 1 aromatic rings. The number of amides is 1. The minimum absolute atomic E-state index is 0.0373. The molecular weight excluding hydrogens is 311 g/mol. The van der Waals surface area contributed by atoms with Gasteiger partial charge in [-0.05, 0) is 37.6 Å². The Morgan fingerprint density at radius 1 is 1.55 bits per heavy atom. The van der Waals surface area contributed by atoms with Gasteiger partial charge in [0, 0.05) is 12.2 Å². The quantitative estimate of drug-likeness (QED) is 0.871. The number of nitrogens with zero attached hydrogens (tertiary/aromatic N) is 2. The number of halogens is 2. The zero-order chi connectivity index (χ0) is 16.3. The van der Waals surface area contributed by atoms with E-state index in [9.17, 15) is 14.0 Å². The summed E-state index contributed by atoms with van der Waals surface area (Å²) in [7, 11) is 0. The molecule has 2 rings (SSSR count). The minimum Gasteiger partial charge on any atom is -0.480 e. The van der Waals surface area contributed by atoms with E-state index >= 15 is 0 Å². The first kappa shape index (κ1) is 16.7. The Balaban J connectivity index is 2.16.